The van der Waals surface area contributed by atoms with Crippen molar-refractivity contribution in [3.63, 3.8) is 0 Å². The smallest absolute Gasteiger partial charge is 0.154 e. The molecule has 92 valence electrons. The first-order valence-electron chi connectivity index (χ1n) is 5.66. The van der Waals surface area contributed by atoms with Crippen LogP contribution in [-0.4, -0.2) is 6.54 Å². The number of hydrogen-bond donors (Lipinski definition) is 1. The van der Waals surface area contributed by atoms with Crippen LogP contribution in [0.3, 0.4) is 0 Å². The maximum atomic E-state index is 6.19. The van der Waals surface area contributed by atoms with Crippen LogP contribution < -0.4 is 5.32 Å². The number of hydrogen-bond acceptors (Lipinski definition) is 2. The Morgan fingerprint density at radius 2 is 1.94 bits per heavy atom. The third-order valence-electron chi connectivity index (χ3n) is 2.92. The van der Waals surface area contributed by atoms with Crippen molar-refractivity contribution in [1.82, 2.24) is 5.32 Å². The molecule has 1 aromatic carbocycles. The van der Waals surface area contributed by atoms with Gasteiger partial charge in [-0.1, -0.05) is 30.1 Å². The second kappa shape index (κ2) is 4.89. The van der Waals surface area contributed by atoms with E-state index in [9.17, 15) is 0 Å². The summed E-state index contributed by atoms with van der Waals surface area (Å²) in [7, 11) is 0. The summed E-state index contributed by atoms with van der Waals surface area (Å²) in [6.07, 6.45) is 0. The molecule has 0 saturated heterocycles. The minimum Gasteiger partial charge on any atom is -0.457 e. The van der Waals surface area contributed by atoms with E-state index in [2.05, 4.69) is 19.2 Å². The first-order chi connectivity index (χ1) is 8.06. The highest BCUT2D eigenvalue weighted by Gasteiger charge is 2.19. The van der Waals surface area contributed by atoms with Gasteiger partial charge in [0.2, 0.25) is 0 Å². The van der Waals surface area contributed by atoms with Crippen LogP contribution in [0.5, 0.6) is 0 Å². The third kappa shape index (κ3) is 2.17. The van der Waals surface area contributed by atoms with Crippen molar-refractivity contribution in [2.75, 3.05) is 6.54 Å². The number of rotatable bonds is 3. The van der Waals surface area contributed by atoms with Crippen LogP contribution in [0, 0.1) is 6.92 Å². The molecule has 0 aliphatic rings. The highest BCUT2D eigenvalue weighted by molar-refractivity contribution is 6.40. The number of furan rings is 1. The molecule has 2 aromatic rings. The van der Waals surface area contributed by atoms with Crippen molar-refractivity contribution in [2.24, 2.45) is 0 Å². The third-order valence-corrected chi connectivity index (χ3v) is 3.53. The van der Waals surface area contributed by atoms with E-state index in [1.165, 1.54) is 0 Å². The lowest BCUT2D eigenvalue weighted by atomic mass is 10.1. The summed E-state index contributed by atoms with van der Waals surface area (Å²) >= 11 is 12.3. The van der Waals surface area contributed by atoms with Gasteiger partial charge in [-0.25, -0.2) is 0 Å². The molecule has 1 unspecified atom stereocenters. The minimum absolute atomic E-state index is 0.152. The van der Waals surface area contributed by atoms with Crippen LogP contribution in [-0.2, 0) is 0 Å². The first kappa shape index (κ1) is 12.7. The lowest BCUT2D eigenvalue weighted by Crippen LogP contribution is -2.17. The molecule has 0 aliphatic carbocycles. The highest BCUT2D eigenvalue weighted by Crippen LogP contribution is 2.37. The Balaban J connectivity index is 2.64. The predicted octanol–water partition coefficient (Wildman–Crippen LogP) is 4.72. The van der Waals surface area contributed by atoms with Crippen molar-refractivity contribution in [1.29, 1.82) is 0 Å². The Kier molecular flexibility index (Phi) is 3.67. The molecule has 0 saturated carbocycles. The van der Waals surface area contributed by atoms with Gasteiger partial charge in [-0.3, -0.25) is 0 Å². The topological polar surface area (TPSA) is 25.2 Å². The summed E-state index contributed by atoms with van der Waals surface area (Å²) in [6, 6.07) is 3.72. The molecule has 0 radical (unpaired) electrons. The second-order valence-electron chi connectivity index (χ2n) is 4.10. The van der Waals surface area contributed by atoms with Crippen molar-refractivity contribution < 1.29 is 4.42 Å². The Morgan fingerprint density at radius 3 is 2.53 bits per heavy atom. The second-order valence-corrected chi connectivity index (χ2v) is 4.92. The molecule has 0 spiro atoms. The van der Waals surface area contributed by atoms with Gasteiger partial charge in [0.1, 0.15) is 5.76 Å². The number of fused-ring (bicyclic) bond motifs is 1. The summed E-state index contributed by atoms with van der Waals surface area (Å²) in [5, 5.41) is 5.52. The Morgan fingerprint density at radius 1 is 1.29 bits per heavy atom. The zero-order valence-corrected chi connectivity index (χ0v) is 11.6. The maximum Gasteiger partial charge on any atom is 0.154 e. The highest BCUT2D eigenvalue weighted by atomic mass is 35.5. The molecule has 0 amide bonds. The van der Waals surface area contributed by atoms with Gasteiger partial charge in [0, 0.05) is 10.9 Å². The van der Waals surface area contributed by atoms with Gasteiger partial charge in [-0.15, -0.1) is 0 Å². The van der Waals surface area contributed by atoms with E-state index in [1.54, 1.807) is 12.1 Å². The molecule has 17 heavy (non-hydrogen) atoms. The quantitative estimate of drug-likeness (QED) is 0.874. The van der Waals surface area contributed by atoms with Crippen LogP contribution in [0.4, 0.5) is 0 Å². The van der Waals surface area contributed by atoms with Crippen LogP contribution >= 0.6 is 23.2 Å². The molecule has 0 fully saturated rings. The minimum atomic E-state index is 0.152. The fourth-order valence-electron chi connectivity index (χ4n) is 2.10. The summed E-state index contributed by atoms with van der Waals surface area (Å²) in [5.74, 6) is 0.900. The number of halogens is 2. The molecule has 2 nitrogen and oxygen atoms in total. The molecule has 1 heterocycles. The van der Waals surface area contributed by atoms with Gasteiger partial charge in [0.05, 0.1) is 16.1 Å². The molecule has 1 N–H and O–H groups in total. The summed E-state index contributed by atoms with van der Waals surface area (Å²) in [6.45, 7) is 7.03. The van der Waals surface area contributed by atoms with Crippen LogP contribution in [0.1, 0.15) is 31.2 Å². The Labute approximate surface area is 111 Å². The Hall–Kier alpha value is -0.700. The predicted molar refractivity (Wildman–Crippen MR) is 73.1 cm³/mol. The van der Waals surface area contributed by atoms with Crippen molar-refractivity contribution >= 4 is 34.2 Å². The Bertz CT molecular complexity index is 548. The van der Waals surface area contributed by atoms with E-state index in [4.69, 9.17) is 27.6 Å². The van der Waals surface area contributed by atoms with Crippen molar-refractivity contribution in [2.45, 2.75) is 26.8 Å². The normalized spacial score (nSPS) is 13.2. The number of aryl methyl sites for hydroxylation is 1. The molecule has 0 bridgehead atoms. The molecule has 4 heteroatoms. The van der Waals surface area contributed by atoms with E-state index in [1.807, 2.05) is 6.92 Å². The van der Waals surface area contributed by atoms with E-state index >= 15 is 0 Å². The lowest BCUT2D eigenvalue weighted by molar-refractivity contribution is 0.456. The maximum absolute atomic E-state index is 6.19. The average Bonchev–Trinajstić information content (AvgIpc) is 2.63. The van der Waals surface area contributed by atoms with Gasteiger partial charge in [0.15, 0.2) is 5.58 Å². The molecule has 2 rings (SSSR count). The summed E-state index contributed by atoms with van der Waals surface area (Å²) in [5.41, 5.74) is 1.73. The summed E-state index contributed by atoms with van der Waals surface area (Å²) in [4.78, 5) is 0. The first-order valence-corrected chi connectivity index (χ1v) is 6.42. The number of benzene rings is 1. The fourth-order valence-corrected chi connectivity index (χ4v) is 2.59. The number of nitrogens with one attached hydrogen (secondary N) is 1. The molecule has 1 aromatic heterocycles. The van der Waals surface area contributed by atoms with E-state index in [0.717, 1.165) is 23.3 Å². The van der Waals surface area contributed by atoms with Crippen molar-refractivity contribution in [3.8, 4) is 0 Å². The zero-order valence-electron chi connectivity index (χ0n) is 10.1. The van der Waals surface area contributed by atoms with Gasteiger partial charge < -0.3 is 9.73 Å². The largest absolute Gasteiger partial charge is 0.457 e. The van der Waals surface area contributed by atoms with Gasteiger partial charge in [-0.05, 0) is 32.5 Å². The van der Waals surface area contributed by atoms with Gasteiger partial charge >= 0.3 is 0 Å². The zero-order chi connectivity index (χ0) is 12.6. The fraction of sp³-hybridized carbons (Fsp3) is 0.385. The van der Waals surface area contributed by atoms with E-state index in [0.29, 0.717) is 15.6 Å². The molecular formula is C13H15Cl2NO. The average molecular weight is 272 g/mol. The van der Waals surface area contributed by atoms with Gasteiger partial charge in [0.25, 0.3) is 0 Å². The monoisotopic (exact) mass is 271 g/mol. The molecule has 0 aliphatic heterocycles. The standard InChI is InChI=1S/C13H15Cl2NO/c1-4-16-8(3)12-7(2)11-9(14)5-6-10(15)13(11)17-12/h5-6,8,16H,4H2,1-3H3. The summed E-state index contributed by atoms with van der Waals surface area (Å²) < 4.78 is 5.85. The van der Waals surface area contributed by atoms with Crippen LogP contribution in [0.15, 0.2) is 16.5 Å². The lowest BCUT2D eigenvalue weighted by Gasteiger charge is -2.09. The van der Waals surface area contributed by atoms with Gasteiger partial charge in [-0.2, -0.15) is 0 Å². The van der Waals surface area contributed by atoms with Crippen LogP contribution in [0.2, 0.25) is 10.0 Å². The molecular weight excluding hydrogens is 257 g/mol. The van der Waals surface area contributed by atoms with Crippen molar-refractivity contribution in [3.05, 3.63) is 33.5 Å². The van der Waals surface area contributed by atoms with E-state index < -0.39 is 0 Å². The SMILES string of the molecule is CCNC(C)c1oc2c(Cl)ccc(Cl)c2c1C. The van der Waals surface area contributed by atoms with E-state index in [-0.39, 0.29) is 6.04 Å². The van der Waals surface area contributed by atoms with Crippen LogP contribution in [0.25, 0.3) is 11.0 Å². The molecule has 1 atom stereocenters.